The van der Waals surface area contributed by atoms with Crippen LogP contribution in [-0.4, -0.2) is 25.5 Å². The molecule has 1 fully saturated rings. The van der Waals surface area contributed by atoms with E-state index >= 15 is 0 Å². The number of aromatic nitrogens is 4. The number of alkyl halides is 3. The third kappa shape index (κ3) is 5.11. The molecule has 1 unspecified atom stereocenters. The highest BCUT2D eigenvalue weighted by Crippen LogP contribution is 2.42. The normalized spacial score (nSPS) is 14.9. The van der Waals surface area contributed by atoms with Gasteiger partial charge >= 0.3 is 6.18 Å². The molecule has 1 aromatic carbocycles. The standard InChI is InChI=1S/C23H24ClF4N5O/c1-12(10-33-19(15-4-5-15)9-20(31-33)23(26,27)28)22(34)29-21-13(2)30-32(14(21)3)11-16-6-7-17(25)8-18(16)24/h6-9,12,15H,4-5,10-11H2,1-3H3,(H,29,34). The fraction of sp³-hybridized carbons (Fsp3) is 0.435. The molecular formula is C23H24ClF4N5O. The van der Waals surface area contributed by atoms with Gasteiger partial charge in [0, 0.05) is 16.6 Å². The summed E-state index contributed by atoms with van der Waals surface area (Å²) in [6, 6.07) is 5.20. The maximum atomic E-state index is 13.3. The minimum Gasteiger partial charge on any atom is -0.323 e. The van der Waals surface area contributed by atoms with Crippen LogP contribution in [0.25, 0.3) is 0 Å². The smallest absolute Gasteiger partial charge is 0.323 e. The van der Waals surface area contributed by atoms with Gasteiger partial charge in [-0.05, 0) is 50.5 Å². The highest BCUT2D eigenvalue weighted by Gasteiger charge is 2.38. The number of aryl methyl sites for hydroxylation is 1. The lowest BCUT2D eigenvalue weighted by molar-refractivity contribution is -0.141. The number of carbonyl (C=O) groups excluding carboxylic acids is 1. The summed E-state index contributed by atoms with van der Waals surface area (Å²) >= 11 is 6.12. The Kier molecular flexibility index (Phi) is 6.46. The molecule has 11 heteroatoms. The highest BCUT2D eigenvalue weighted by molar-refractivity contribution is 6.31. The second-order valence-corrected chi connectivity index (χ2v) is 9.15. The first-order valence-corrected chi connectivity index (χ1v) is 11.3. The van der Waals surface area contributed by atoms with Gasteiger partial charge in [0.2, 0.25) is 5.91 Å². The number of amides is 1. The number of rotatable bonds is 7. The van der Waals surface area contributed by atoms with E-state index in [-0.39, 0.29) is 29.9 Å². The van der Waals surface area contributed by atoms with E-state index < -0.39 is 23.6 Å². The van der Waals surface area contributed by atoms with Gasteiger partial charge in [-0.3, -0.25) is 14.2 Å². The third-order valence-corrected chi connectivity index (χ3v) is 6.31. The second kappa shape index (κ2) is 9.05. The third-order valence-electron chi connectivity index (χ3n) is 5.96. The van der Waals surface area contributed by atoms with Crippen molar-refractivity contribution in [3.05, 3.63) is 63.4 Å². The lowest BCUT2D eigenvalue weighted by Gasteiger charge is -2.15. The molecule has 0 aliphatic heterocycles. The lowest BCUT2D eigenvalue weighted by atomic mass is 10.1. The molecule has 34 heavy (non-hydrogen) atoms. The van der Waals surface area contributed by atoms with E-state index in [0.29, 0.717) is 28.3 Å². The van der Waals surface area contributed by atoms with Crippen molar-refractivity contribution in [2.45, 2.75) is 58.8 Å². The SMILES string of the molecule is Cc1nn(Cc2ccc(F)cc2Cl)c(C)c1NC(=O)C(C)Cn1nc(C(F)(F)F)cc1C1CC1. The van der Waals surface area contributed by atoms with Crippen LogP contribution in [0.15, 0.2) is 24.3 Å². The van der Waals surface area contributed by atoms with Crippen LogP contribution in [0.4, 0.5) is 23.2 Å². The molecule has 3 aromatic rings. The molecule has 1 aliphatic rings. The van der Waals surface area contributed by atoms with Gasteiger partial charge in [0.15, 0.2) is 5.69 Å². The van der Waals surface area contributed by atoms with Crippen molar-refractivity contribution in [3.63, 3.8) is 0 Å². The number of halogens is 5. The fourth-order valence-corrected chi connectivity index (χ4v) is 4.08. The van der Waals surface area contributed by atoms with Crippen molar-refractivity contribution in [1.29, 1.82) is 0 Å². The Labute approximate surface area is 198 Å². The Hall–Kier alpha value is -2.88. The van der Waals surface area contributed by atoms with Crippen molar-refractivity contribution >= 4 is 23.2 Å². The molecule has 2 aromatic heterocycles. The van der Waals surface area contributed by atoms with E-state index in [1.54, 1.807) is 31.5 Å². The predicted molar refractivity (Wildman–Crippen MR) is 119 cm³/mol. The first kappa shape index (κ1) is 24.3. The van der Waals surface area contributed by atoms with Crippen LogP contribution >= 0.6 is 11.6 Å². The number of hydrogen-bond acceptors (Lipinski definition) is 3. The van der Waals surface area contributed by atoms with Crippen LogP contribution in [0, 0.1) is 25.6 Å². The largest absolute Gasteiger partial charge is 0.435 e. The van der Waals surface area contributed by atoms with E-state index in [4.69, 9.17) is 11.6 Å². The zero-order valence-electron chi connectivity index (χ0n) is 18.9. The summed E-state index contributed by atoms with van der Waals surface area (Å²) in [5.41, 5.74) is 2.03. The summed E-state index contributed by atoms with van der Waals surface area (Å²) in [5, 5.41) is 11.3. The lowest BCUT2D eigenvalue weighted by Crippen LogP contribution is -2.26. The monoisotopic (exact) mass is 497 g/mol. The average Bonchev–Trinajstić information content (AvgIpc) is 3.45. The van der Waals surface area contributed by atoms with Gasteiger partial charge in [-0.1, -0.05) is 24.6 Å². The zero-order chi connectivity index (χ0) is 24.8. The van der Waals surface area contributed by atoms with Gasteiger partial charge in [-0.25, -0.2) is 4.39 Å². The molecular weight excluding hydrogens is 474 g/mol. The average molecular weight is 498 g/mol. The number of nitrogens with zero attached hydrogens (tertiary/aromatic N) is 4. The predicted octanol–water partition coefficient (Wildman–Crippen LogP) is 5.71. The molecule has 1 aliphatic carbocycles. The Morgan fingerprint density at radius 1 is 1.21 bits per heavy atom. The molecule has 4 rings (SSSR count). The Morgan fingerprint density at radius 2 is 1.91 bits per heavy atom. The van der Waals surface area contributed by atoms with Gasteiger partial charge in [-0.2, -0.15) is 23.4 Å². The van der Waals surface area contributed by atoms with Gasteiger partial charge in [0.1, 0.15) is 5.82 Å². The molecule has 182 valence electrons. The first-order valence-electron chi connectivity index (χ1n) is 10.9. The summed E-state index contributed by atoms with van der Waals surface area (Å²) in [6.07, 6.45) is -2.89. The van der Waals surface area contributed by atoms with Crippen molar-refractivity contribution in [1.82, 2.24) is 19.6 Å². The van der Waals surface area contributed by atoms with Crippen LogP contribution in [-0.2, 0) is 24.1 Å². The first-order chi connectivity index (χ1) is 15.9. The summed E-state index contributed by atoms with van der Waals surface area (Å²) in [5.74, 6) is -1.36. The maximum Gasteiger partial charge on any atom is 0.435 e. The van der Waals surface area contributed by atoms with E-state index in [2.05, 4.69) is 15.5 Å². The van der Waals surface area contributed by atoms with Crippen molar-refractivity contribution in [2.24, 2.45) is 5.92 Å². The van der Waals surface area contributed by atoms with Gasteiger partial charge in [-0.15, -0.1) is 0 Å². The quantitative estimate of drug-likeness (QED) is 0.425. The van der Waals surface area contributed by atoms with Crippen LogP contribution in [0.2, 0.25) is 5.02 Å². The van der Waals surface area contributed by atoms with Crippen LogP contribution in [0.3, 0.4) is 0 Å². The molecule has 0 radical (unpaired) electrons. The molecule has 1 saturated carbocycles. The Morgan fingerprint density at radius 3 is 2.53 bits per heavy atom. The van der Waals surface area contributed by atoms with Gasteiger partial charge in [0.25, 0.3) is 0 Å². The maximum absolute atomic E-state index is 13.3. The van der Waals surface area contributed by atoms with Gasteiger partial charge < -0.3 is 5.32 Å². The summed E-state index contributed by atoms with van der Waals surface area (Å²) in [4.78, 5) is 12.9. The number of carbonyl (C=O) groups is 1. The van der Waals surface area contributed by atoms with Crippen molar-refractivity contribution in [2.75, 3.05) is 5.32 Å². The topological polar surface area (TPSA) is 64.7 Å². The minimum absolute atomic E-state index is 0.0329. The Bertz CT molecular complexity index is 1230. The summed E-state index contributed by atoms with van der Waals surface area (Å²) in [7, 11) is 0. The van der Waals surface area contributed by atoms with Crippen molar-refractivity contribution < 1.29 is 22.4 Å². The van der Waals surface area contributed by atoms with E-state index in [1.165, 1.54) is 16.8 Å². The molecule has 0 saturated heterocycles. The summed E-state index contributed by atoms with van der Waals surface area (Å²) in [6.45, 7) is 5.49. The molecule has 0 bridgehead atoms. The van der Waals surface area contributed by atoms with E-state index in [9.17, 15) is 22.4 Å². The van der Waals surface area contributed by atoms with Crippen LogP contribution in [0.1, 0.15) is 54.0 Å². The second-order valence-electron chi connectivity index (χ2n) is 8.74. The van der Waals surface area contributed by atoms with E-state index in [1.807, 2.05) is 0 Å². The number of benzene rings is 1. The molecule has 1 amide bonds. The highest BCUT2D eigenvalue weighted by atomic mass is 35.5. The molecule has 6 nitrogen and oxygen atoms in total. The van der Waals surface area contributed by atoms with Crippen LogP contribution < -0.4 is 5.32 Å². The fourth-order valence-electron chi connectivity index (χ4n) is 3.86. The van der Waals surface area contributed by atoms with Crippen molar-refractivity contribution in [3.8, 4) is 0 Å². The summed E-state index contributed by atoms with van der Waals surface area (Å²) < 4.78 is 55.7. The van der Waals surface area contributed by atoms with Gasteiger partial charge in [0.05, 0.1) is 36.1 Å². The molecule has 2 heterocycles. The van der Waals surface area contributed by atoms with E-state index in [0.717, 1.165) is 18.9 Å². The van der Waals surface area contributed by atoms with Crippen LogP contribution in [0.5, 0.6) is 0 Å². The molecule has 1 N–H and O–H groups in total. The number of anilines is 1. The number of nitrogens with one attached hydrogen (secondary N) is 1. The molecule has 0 spiro atoms. The molecule has 1 atom stereocenters. The minimum atomic E-state index is -4.53. The Balaban J connectivity index is 1.48. The number of hydrogen-bond donors (Lipinski definition) is 1. The zero-order valence-corrected chi connectivity index (χ0v) is 19.6.